The Labute approximate surface area is 249 Å². The fourth-order valence-electron chi connectivity index (χ4n) is 5.58. The summed E-state index contributed by atoms with van der Waals surface area (Å²) in [6.45, 7) is 8.21. The van der Waals surface area contributed by atoms with E-state index in [0.717, 1.165) is 78.0 Å². The molecule has 7 heteroatoms. The average Bonchev–Trinajstić information content (AvgIpc) is 3.70. The molecule has 0 saturated heterocycles. The van der Waals surface area contributed by atoms with Crippen LogP contribution < -0.4 is 9.97 Å². The average molecular weight is 588 g/mol. The molecule has 6 aromatic heterocycles. The summed E-state index contributed by atoms with van der Waals surface area (Å²) in [5.74, 6) is 0. The molecule has 0 bridgehead atoms. The van der Waals surface area contributed by atoms with Crippen LogP contribution in [0.15, 0.2) is 94.0 Å². The molecule has 8 rings (SSSR count). The molecule has 0 atom stereocenters. The molecule has 6 heterocycles. The van der Waals surface area contributed by atoms with E-state index in [1.54, 1.807) is 12.4 Å². The van der Waals surface area contributed by atoms with Crippen molar-refractivity contribution in [2.45, 2.75) is 27.7 Å². The van der Waals surface area contributed by atoms with Crippen molar-refractivity contribution in [2.75, 3.05) is 0 Å². The third kappa shape index (κ3) is 4.56. The molecule has 0 aliphatic rings. The van der Waals surface area contributed by atoms with Crippen molar-refractivity contribution in [2.24, 2.45) is 0 Å². The fourth-order valence-corrected chi connectivity index (χ4v) is 5.58. The number of furan rings is 2. The number of hydrogen-bond donors (Lipinski definition) is 0. The number of aromatic nitrogens is 4. The van der Waals surface area contributed by atoms with Gasteiger partial charge in [-0.25, -0.2) is 0 Å². The smallest absolute Gasteiger partial charge is 0.661 e. The van der Waals surface area contributed by atoms with Crippen molar-refractivity contribution in [3.63, 3.8) is 0 Å². The number of pyridine rings is 2. The van der Waals surface area contributed by atoms with E-state index < -0.39 is 0 Å². The first kappa shape index (κ1) is 26.7. The van der Waals surface area contributed by atoms with Gasteiger partial charge in [-0.2, -0.15) is 11.4 Å². The van der Waals surface area contributed by atoms with E-state index in [1.165, 1.54) is 11.1 Å². The zero-order valence-electron chi connectivity index (χ0n) is 23.4. The first-order valence-corrected chi connectivity index (χ1v) is 13.2. The van der Waals surface area contributed by atoms with E-state index in [1.807, 2.05) is 62.4 Å². The zero-order chi connectivity index (χ0) is 27.4. The van der Waals surface area contributed by atoms with Crippen LogP contribution in [-0.2, 0) is 19.5 Å². The number of benzene rings is 2. The quantitative estimate of drug-likeness (QED) is 0.189. The van der Waals surface area contributed by atoms with Crippen molar-refractivity contribution in [3.8, 4) is 22.5 Å². The second-order valence-corrected chi connectivity index (χ2v) is 10.1. The topological polar surface area (TPSA) is 80.3 Å². The van der Waals surface area contributed by atoms with Crippen molar-refractivity contribution in [1.82, 2.24) is 19.9 Å². The van der Waals surface area contributed by atoms with E-state index in [-0.39, 0.29) is 19.5 Å². The Hall–Kier alpha value is -4.48. The molecule has 0 aliphatic heterocycles. The molecule has 196 valence electrons. The first-order chi connectivity index (χ1) is 19.5. The monoisotopic (exact) mass is 586 g/mol. The summed E-state index contributed by atoms with van der Waals surface area (Å²) in [4.78, 5) is 18.2. The molecule has 41 heavy (non-hydrogen) atoms. The molecule has 0 amide bonds. The summed E-state index contributed by atoms with van der Waals surface area (Å²) < 4.78 is 11.7. The summed E-state index contributed by atoms with van der Waals surface area (Å²) in [6.07, 6.45) is 3.59. The van der Waals surface area contributed by atoms with Gasteiger partial charge in [0.05, 0.1) is 10.8 Å². The molecule has 8 aromatic rings. The summed E-state index contributed by atoms with van der Waals surface area (Å²) in [5.41, 5.74) is 13.8. The molecule has 0 spiro atoms. The molecular formula is C34H26N4O2Zn. The van der Waals surface area contributed by atoms with E-state index in [2.05, 4.69) is 58.0 Å². The van der Waals surface area contributed by atoms with Crippen LogP contribution in [0.25, 0.3) is 66.7 Å². The largest absolute Gasteiger partial charge is 2.00 e. The molecule has 0 N–H and O–H groups in total. The van der Waals surface area contributed by atoms with Gasteiger partial charge in [0, 0.05) is 12.4 Å². The molecule has 0 unspecified atom stereocenters. The summed E-state index contributed by atoms with van der Waals surface area (Å²) in [5, 5.41) is 2.09. The maximum atomic E-state index is 5.87. The van der Waals surface area contributed by atoms with Gasteiger partial charge in [0.1, 0.15) is 22.2 Å². The predicted molar refractivity (Wildman–Crippen MR) is 159 cm³/mol. The summed E-state index contributed by atoms with van der Waals surface area (Å²) in [6, 6.07) is 24.0. The van der Waals surface area contributed by atoms with Gasteiger partial charge in [0.2, 0.25) is 0 Å². The number of fused-ring (bicyclic) bond motifs is 6. The van der Waals surface area contributed by atoms with Crippen LogP contribution >= 0.6 is 0 Å². The molecule has 0 radical (unpaired) electrons. The number of nitrogens with zero attached hydrogens (tertiary/aromatic N) is 4. The summed E-state index contributed by atoms with van der Waals surface area (Å²) >= 11 is 0. The van der Waals surface area contributed by atoms with E-state index in [4.69, 9.17) is 8.83 Å². The van der Waals surface area contributed by atoms with Crippen LogP contribution in [0.4, 0.5) is 0 Å². The Bertz CT molecular complexity index is 2020. The molecular weight excluding hydrogens is 562 g/mol. The maximum absolute atomic E-state index is 5.87. The van der Waals surface area contributed by atoms with Crippen molar-refractivity contribution < 1.29 is 28.3 Å². The third-order valence-corrected chi connectivity index (χ3v) is 7.19. The minimum atomic E-state index is 0. The Kier molecular flexibility index (Phi) is 6.84. The second kappa shape index (κ2) is 10.5. The number of aryl methyl sites for hydroxylation is 4. The van der Waals surface area contributed by atoms with Crippen molar-refractivity contribution >= 4 is 44.1 Å². The molecule has 2 aromatic carbocycles. The number of rotatable bonds is 2. The second-order valence-electron chi connectivity index (χ2n) is 10.1. The van der Waals surface area contributed by atoms with Gasteiger partial charge >= 0.3 is 19.5 Å². The zero-order valence-corrected chi connectivity index (χ0v) is 26.4. The third-order valence-electron chi connectivity index (χ3n) is 7.19. The van der Waals surface area contributed by atoms with E-state index in [0.29, 0.717) is 0 Å². The standard InChI is InChI=1S/2C17H13N2O.Zn/c2*1-10-9-11(2)19-16(10)12-5-3-6-13-15(12)17-14(20-13)7-4-8-18-17;/h2*3-9H,1-2H3;/q2*-1;+2. The van der Waals surface area contributed by atoms with Crippen LogP contribution in [0.2, 0.25) is 0 Å². The van der Waals surface area contributed by atoms with Gasteiger partial charge in [-0.15, -0.1) is 11.4 Å². The van der Waals surface area contributed by atoms with Gasteiger partial charge < -0.3 is 18.8 Å². The first-order valence-electron chi connectivity index (χ1n) is 13.2. The number of hydrogen-bond acceptors (Lipinski definition) is 4. The normalized spacial score (nSPS) is 11.2. The van der Waals surface area contributed by atoms with E-state index >= 15 is 0 Å². The van der Waals surface area contributed by atoms with Crippen LogP contribution in [0.5, 0.6) is 0 Å². The Balaban J connectivity index is 0.000000144. The predicted octanol–water partition coefficient (Wildman–Crippen LogP) is 8.44. The Morgan fingerprint density at radius 1 is 0.537 bits per heavy atom. The maximum Gasteiger partial charge on any atom is 2.00 e. The van der Waals surface area contributed by atoms with E-state index in [9.17, 15) is 0 Å². The Morgan fingerprint density at radius 2 is 0.951 bits per heavy atom. The molecule has 0 saturated carbocycles. The van der Waals surface area contributed by atoms with Gasteiger partial charge in [0.25, 0.3) is 0 Å². The molecule has 0 fully saturated rings. The minimum absolute atomic E-state index is 0. The van der Waals surface area contributed by atoms with Crippen LogP contribution in [0.3, 0.4) is 0 Å². The summed E-state index contributed by atoms with van der Waals surface area (Å²) in [7, 11) is 0. The fraction of sp³-hybridized carbons (Fsp3) is 0.118. The van der Waals surface area contributed by atoms with Gasteiger partial charge in [-0.3, -0.25) is 9.97 Å². The Morgan fingerprint density at radius 3 is 1.34 bits per heavy atom. The van der Waals surface area contributed by atoms with Gasteiger partial charge in [0.15, 0.2) is 11.2 Å². The van der Waals surface area contributed by atoms with Crippen LogP contribution in [0, 0.1) is 27.7 Å². The minimum Gasteiger partial charge on any atom is -0.661 e. The van der Waals surface area contributed by atoms with Crippen molar-refractivity contribution in [3.05, 3.63) is 108 Å². The SMILES string of the molecule is Cc1cc(C)c(-c2cccc3oc4cccnc4c23)[n-]1.Cc1cc(C)c(-c2cccc3oc4cccnc4c23)[n-]1.[Zn+2]. The van der Waals surface area contributed by atoms with Crippen LogP contribution in [0.1, 0.15) is 22.5 Å². The van der Waals surface area contributed by atoms with Gasteiger partial charge in [-0.05, 0) is 61.4 Å². The molecule has 0 aliphatic carbocycles. The van der Waals surface area contributed by atoms with Gasteiger partial charge in [-0.1, -0.05) is 61.4 Å². The molecule has 6 nitrogen and oxygen atoms in total. The van der Waals surface area contributed by atoms with Crippen molar-refractivity contribution in [1.29, 1.82) is 0 Å². The van der Waals surface area contributed by atoms with Crippen LogP contribution in [-0.4, -0.2) is 9.97 Å².